The Morgan fingerprint density at radius 3 is 1.77 bits per heavy atom. The molecule has 1 aliphatic rings. The van der Waals surface area contributed by atoms with Crippen molar-refractivity contribution in [3.8, 4) is 0 Å². The van der Waals surface area contributed by atoms with Crippen LogP contribution in [-0.4, -0.2) is 52.6 Å². The standard InChI is InChI=1S/C20H24O6/c21-11-16-17(22)18(24-12-14-7-3-1-4-8-14)19(20(23)26-16)25-13-15-9-5-2-6-10-15/h1-10,16-23H,11-13H2/t16-,17+,18+,19-,20+/m1/s1. The minimum atomic E-state index is -1.31. The average molecular weight is 360 g/mol. The normalized spacial score (nSPS) is 28.8. The van der Waals surface area contributed by atoms with Crippen molar-refractivity contribution in [3.63, 3.8) is 0 Å². The second kappa shape index (κ2) is 9.23. The average Bonchev–Trinajstić information content (AvgIpc) is 2.69. The summed E-state index contributed by atoms with van der Waals surface area (Å²) < 4.78 is 16.9. The van der Waals surface area contributed by atoms with Crippen LogP contribution in [-0.2, 0) is 27.4 Å². The van der Waals surface area contributed by atoms with Gasteiger partial charge in [0, 0.05) is 0 Å². The van der Waals surface area contributed by atoms with Crippen LogP contribution in [0.2, 0.25) is 0 Å². The summed E-state index contributed by atoms with van der Waals surface area (Å²) in [5.41, 5.74) is 1.86. The maximum absolute atomic E-state index is 10.5. The highest BCUT2D eigenvalue weighted by Crippen LogP contribution is 2.26. The van der Waals surface area contributed by atoms with E-state index < -0.39 is 37.3 Å². The monoisotopic (exact) mass is 360 g/mol. The molecule has 0 spiro atoms. The van der Waals surface area contributed by atoms with Crippen LogP contribution in [0.25, 0.3) is 0 Å². The molecular weight excluding hydrogens is 336 g/mol. The summed E-state index contributed by atoms with van der Waals surface area (Å²) >= 11 is 0. The third-order valence-corrected chi connectivity index (χ3v) is 4.39. The zero-order valence-corrected chi connectivity index (χ0v) is 14.3. The molecule has 0 unspecified atom stereocenters. The molecular formula is C20H24O6. The molecule has 1 saturated heterocycles. The molecule has 0 amide bonds. The fourth-order valence-electron chi connectivity index (χ4n) is 2.96. The van der Waals surface area contributed by atoms with E-state index in [9.17, 15) is 15.3 Å². The number of rotatable bonds is 7. The largest absolute Gasteiger partial charge is 0.394 e. The van der Waals surface area contributed by atoms with E-state index in [2.05, 4.69) is 0 Å². The number of aliphatic hydroxyl groups is 3. The first kappa shape index (κ1) is 19.0. The summed E-state index contributed by atoms with van der Waals surface area (Å²) in [5, 5.41) is 30.2. The van der Waals surface area contributed by atoms with Crippen LogP contribution in [0.5, 0.6) is 0 Å². The zero-order chi connectivity index (χ0) is 18.4. The highest BCUT2D eigenvalue weighted by atomic mass is 16.7. The second-order valence-corrected chi connectivity index (χ2v) is 6.26. The van der Waals surface area contributed by atoms with E-state index in [-0.39, 0.29) is 13.2 Å². The van der Waals surface area contributed by atoms with E-state index in [4.69, 9.17) is 14.2 Å². The quantitative estimate of drug-likeness (QED) is 0.688. The van der Waals surface area contributed by atoms with Crippen molar-refractivity contribution < 1.29 is 29.5 Å². The van der Waals surface area contributed by atoms with Crippen LogP contribution in [0.3, 0.4) is 0 Å². The van der Waals surface area contributed by atoms with E-state index in [1.54, 1.807) is 0 Å². The van der Waals surface area contributed by atoms with E-state index in [0.29, 0.717) is 0 Å². The van der Waals surface area contributed by atoms with Gasteiger partial charge in [-0.3, -0.25) is 0 Å². The van der Waals surface area contributed by atoms with Gasteiger partial charge in [0.25, 0.3) is 0 Å². The fraction of sp³-hybridized carbons (Fsp3) is 0.400. The van der Waals surface area contributed by atoms with Gasteiger partial charge < -0.3 is 29.5 Å². The fourth-order valence-corrected chi connectivity index (χ4v) is 2.96. The third kappa shape index (κ3) is 4.67. The number of benzene rings is 2. The van der Waals surface area contributed by atoms with Crippen molar-refractivity contribution in [2.75, 3.05) is 6.61 Å². The summed E-state index contributed by atoms with van der Waals surface area (Å²) in [5.74, 6) is 0. The number of hydrogen-bond donors (Lipinski definition) is 3. The van der Waals surface area contributed by atoms with Gasteiger partial charge in [-0.1, -0.05) is 60.7 Å². The Labute approximate surface area is 152 Å². The first-order valence-corrected chi connectivity index (χ1v) is 8.62. The van der Waals surface area contributed by atoms with E-state index in [1.807, 2.05) is 60.7 Å². The second-order valence-electron chi connectivity index (χ2n) is 6.26. The van der Waals surface area contributed by atoms with E-state index in [1.165, 1.54) is 0 Å². The summed E-state index contributed by atoms with van der Waals surface area (Å²) in [4.78, 5) is 0. The highest BCUT2D eigenvalue weighted by Gasteiger charge is 2.46. The van der Waals surface area contributed by atoms with Gasteiger partial charge in [-0.05, 0) is 11.1 Å². The molecule has 6 heteroatoms. The molecule has 0 radical (unpaired) electrons. The molecule has 1 heterocycles. The maximum atomic E-state index is 10.5. The zero-order valence-electron chi connectivity index (χ0n) is 14.3. The SMILES string of the molecule is OC[C@H]1O[C@H](O)[C@H](OCc2ccccc2)[C@@H](OCc2ccccc2)[C@H]1O. The molecule has 2 aromatic rings. The summed E-state index contributed by atoms with van der Waals surface area (Å²) in [7, 11) is 0. The molecule has 1 aliphatic heterocycles. The van der Waals surface area contributed by atoms with Gasteiger partial charge in [-0.25, -0.2) is 0 Å². The highest BCUT2D eigenvalue weighted by molar-refractivity contribution is 5.14. The Balaban J connectivity index is 1.69. The first-order valence-electron chi connectivity index (χ1n) is 8.62. The molecule has 5 atom stereocenters. The molecule has 26 heavy (non-hydrogen) atoms. The van der Waals surface area contributed by atoms with Crippen molar-refractivity contribution in [2.24, 2.45) is 0 Å². The molecule has 0 bridgehead atoms. The van der Waals surface area contributed by atoms with Gasteiger partial charge in [-0.2, -0.15) is 0 Å². The number of hydrogen-bond acceptors (Lipinski definition) is 6. The molecule has 3 rings (SSSR count). The Kier molecular flexibility index (Phi) is 6.73. The molecule has 0 aliphatic carbocycles. The van der Waals surface area contributed by atoms with E-state index in [0.717, 1.165) is 11.1 Å². The molecule has 2 aromatic carbocycles. The van der Waals surface area contributed by atoms with Crippen LogP contribution in [0, 0.1) is 0 Å². The lowest BCUT2D eigenvalue weighted by molar-refractivity contribution is -0.307. The number of aliphatic hydroxyl groups excluding tert-OH is 3. The van der Waals surface area contributed by atoms with Gasteiger partial charge in [0.2, 0.25) is 0 Å². The molecule has 1 fully saturated rings. The molecule has 140 valence electrons. The summed E-state index contributed by atoms with van der Waals surface area (Å²) in [6.45, 7) is 0.0705. The van der Waals surface area contributed by atoms with Gasteiger partial charge >= 0.3 is 0 Å². The van der Waals surface area contributed by atoms with Gasteiger partial charge in [0.05, 0.1) is 19.8 Å². The smallest absolute Gasteiger partial charge is 0.184 e. The Morgan fingerprint density at radius 1 is 0.769 bits per heavy atom. The van der Waals surface area contributed by atoms with Gasteiger partial charge in [0.1, 0.15) is 24.4 Å². The van der Waals surface area contributed by atoms with Crippen LogP contribution in [0.4, 0.5) is 0 Å². The number of ether oxygens (including phenoxy) is 3. The van der Waals surface area contributed by atoms with Crippen molar-refractivity contribution in [1.29, 1.82) is 0 Å². The summed E-state index contributed by atoms with van der Waals surface area (Å²) in [6, 6.07) is 19.0. The first-order chi connectivity index (χ1) is 12.7. The van der Waals surface area contributed by atoms with Crippen LogP contribution >= 0.6 is 0 Å². The molecule has 6 nitrogen and oxygen atoms in total. The van der Waals surface area contributed by atoms with Crippen molar-refractivity contribution in [3.05, 3.63) is 71.8 Å². The van der Waals surface area contributed by atoms with Crippen LogP contribution < -0.4 is 0 Å². The topological polar surface area (TPSA) is 88.4 Å². The van der Waals surface area contributed by atoms with Crippen molar-refractivity contribution in [1.82, 2.24) is 0 Å². The third-order valence-electron chi connectivity index (χ3n) is 4.39. The Bertz CT molecular complexity index is 650. The lowest BCUT2D eigenvalue weighted by atomic mass is 9.98. The molecule has 3 N–H and O–H groups in total. The Morgan fingerprint density at radius 2 is 1.27 bits per heavy atom. The summed E-state index contributed by atoms with van der Waals surface area (Å²) in [6.07, 6.45) is -5.06. The van der Waals surface area contributed by atoms with Gasteiger partial charge in [-0.15, -0.1) is 0 Å². The predicted molar refractivity (Wildman–Crippen MR) is 94.0 cm³/mol. The minimum Gasteiger partial charge on any atom is -0.394 e. The predicted octanol–water partition coefficient (Wildman–Crippen LogP) is 1.23. The van der Waals surface area contributed by atoms with Crippen molar-refractivity contribution in [2.45, 2.75) is 43.9 Å². The van der Waals surface area contributed by atoms with Crippen LogP contribution in [0.15, 0.2) is 60.7 Å². The maximum Gasteiger partial charge on any atom is 0.184 e. The van der Waals surface area contributed by atoms with Crippen LogP contribution in [0.1, 0.15) is 11.1 Å². The Hall–Kier alpha value is -1.80. The minimum absolute atomic E-state index is 0.244. The van der Waals surface area contributed by atoms with Gasteiger partial charge in [0.15, 0.2) is 6.29 Å². The lowest BCUT2D eigenvalue weighted by Gasteiger charge is -2.42. The lowest BCUT2D eigenvalue weighted by Crippen LogP contribution is -2.60. The molecule has 0 saturated carbocycles. The molecule has 0 aromatic heterocycles. The van der Waals surface area contributed by atoms with E-state index >= 15 is 0 Å². The van der Waals surface area contributed by atoms with Crippen molar-refractivity contribution >= 4 is 0 Å².